The Morgan fingerprint density at radius 3 is 2.93 bits per heavy atom. The van der Waals surface area contributed by atoms with Crippen molar-refractivity contribution < 1.29 is 14.0 Å². The Bertz CT molecular complexity index is 1040. The van der Waals surface area contributed by atoms with Crippen molar-refractivity contribution >= 4 is 28.9 Å². The number of halogens is 1. The predicted molar refractivity (Wildman–Crippen MR) is 107 cm³/mol. The first-order valence-corrected chi connectivity index (χ1v) is 9.90. The fourth-order valence-corrected chi connectivity index (χ4v) is 4.70. The molecule has 2 N–H and O–H groups in total. The van der Waals surface area contributed by atoms with E-state index in [1.165, 1.54) is 17.7 Å². The number of fused-ring (bicyclic) bond motifs is 3. The number of amides is 3. The zero-order chi connectivity index (χ0) is 20.1. The van der Waals surface area contributed by atoms with Crippen molar-refractivity contribution in [2.75, 3.05) is 10.6 Å². The van der Waals surface area contributed by atoms with Crippen molar-refractivity contribution in [2.24, 2.45) is 7.05 Å². The maximum Gasteiger partial charge on any atom is 0.322 e. The molecule has 3 amide bonds. The Hall–Kier alpha value is -3.16. The summed E-state index contributed by atoms with van der Waals surface area (Å²) < 4.78 is 16.4. The molecule has 4 heterocycles. The quantitative estimate of drug-likeness (QED) is 0.819. The summed E-state index contributed by atoms with van der Waals surface area (Å²) in [6.45, 7) is 0. The van der Waals surface area contributed by atoms with Crippen LogP contribution in [0.15, 0.2) is 30.5 Å². The summed E-state index contributed by atoms with van der Waals surface area (Å²) in [5.41, 5.74) is 3.68. The van der Waals surface area contributed by atoms with Gasteiger partial charge in [0, 0.05) is 31.4 Å². The molecule has 7 nitrogen and oxygen atoms in total. The third kappa shape index (κ3) is 3.08. The summed E-state index contributed by atoms with van der Waals surface area (Å²) >= 11 is 0. The van der Waals surface area contributed by atoms with Gasteiger partial charge in [0.05, 0.1) is 17.4 Å². The zero-order valence-corrected chi connectivity index (χ0v) is 16.1. The van der Waals surface area contributed by atoms with Crippen molar-refractivity contribution in [1.82, 2.24) is 14.7 Å². The van der Waals surface area contributed by atoms with Gasteiger partial charge < -0.3 is 15.5 Å². The van der Waals surface area contributed by atoms with Crippen LogP contribution in [-0.4, -0.2) is 38.7 Å². The third-order valence-electron chi connectivity index (χ3n) is 6.11. The van der Waals surface area contributed by atoms with E-state index in [9.17, 15) is 14.0 Å². The van der Waals surface area contributed by atoms with Crippen LogP contribution in [0.25, 0.3) is 5.57 Å². The lowest BCUT2D eigenvalue weighted by Gasteiger charge is -2.34. The van der Waals surface area contributed by atoms with Gasteiger partial charge in [-0.15, -0.1) is 0 Å². The van der Waals surface area contributed by atoms with Crippen molar-refractivity contribution in [3.63, 3.8) is 0 Å². The van der Waals surface area contributed by atoms with Gasteiger partial charge in [-0.05, 0) is 55.0 Å². The topological polar surface area (TPSA) is 79.3 Å². The molecular weight excluding hydrogens is 373 g/mol. The van der Waals surface area contributed by atoms with E-state index in [2.05, 4.69) is 21.8 Å². The molecule has 0 spiro atoms. The molecule has 150 valence electrons. The lowest BCUT2D eigenvalue weighted by Crippen LogP contribution is -2.45. The average molecular weight is 395 g/mol. The molecule has 2 atom stereocenters. The van der Waals surface area contributed by atoms with Crippen molar-refractivity contribution in [3.05, 3.63) is 47.5 Å². The normalized spacial score (nSPS) is 22.8. The number of carbonyl (C=O) groups excluding carboxylic acids is 2. The summed E-state index contributed by atoms with van der Waals surface area (Å²) in [5.74, 6) is -0.577. The van der Waals surface area contributed by atoms with Crippen LogP contribution >= 0.6 is 0 Å². The summed E-state index contributed by atoms with van der Waals surface area (Å²) in [6, 6.07) is 4.66. The highest BCUT2D eigenvalue weighted by molar-refractivity contribution is 5.96. The number of benzene rings is 1. The Morgan fingerprint density at radius 1 is 1.31 bits per heavy atom. The summed E-state index contributed by atoms with van der Waals surface area (Å²) in [5, 5.41) is 9.70. The second-order valence-electron chi connectivity index (χ2n) is 7.91. The Balaban J connectivity index is 1.37. The molecule has 0 saturated carbocycles. The number of aryl methyl sites for hydroxylation is 2. The SMILES string of the molecule is Cn1nccc1C1=CC2CCC(C1)N2C(=O)Nc1cc2c(cc1F)CCC(=O)N2. The van der Waals surface area contributed by atoms with Gasteiger partial charge in [0.15, 0.2) is 0 Å². The van der Waals surface area contributed by atoms with E-state index in [1.807, 2.05) is 22.7 Å². The maximum atomic E-state index is 14.5. The zero-order valence-electron chi connectivity index (χ0n) is 16.1. The molecule has 1 aromatic carbocycles. The molecule has 1 saturated heterocycles. The lowest BCUT2D eigenvalue weighted by molar-refractivity contribution is -0.116. The van der Waals surface area contributed by atoms with Crippen LogP contribution in [0.1, 0.15) is 36.9 Å². The Labute approximate surface area is 167 Å². The highest BCUT2D eigenvalue weighted by Gasteiger charge is 2.40. The van der Waals surface area contributed by atoms with Gasteiger partial charge in [0.2, 0.25) is 5.91 Å². The number of hydrogen-bond acceptors (Lipinski definition) is 3. The second-order valence-corrected chi connectivity index (χ2v) is 7.91. The van der Waals surface area contributed by atoms with E-state index in [4.69, 9.17) is 0 Å². The van der Waals surface area contributed by atoms with Gasteiger partial charge in [0.25, 0.3) is 0 Å². The van der Waals surface area contributed by atoms with Crippen molar-refractivity contribution in [3.8, 4) is 0 Å². The van der Waals surface area contributed by atoms with Crippen LogP contribution in [0.3, 0.4) is 0 Å². The van der Waals surface area contributed by atoms with Gasteiger partial charge in [-0.3, -0.25) is 9.48 Å². The average Bonchev–Trinajstić information content (AvgIpc) is 3.23. The van der Waals surface area contributed by atoms with E-state index >= 15 is 0 Å². The van der Waals surface area contributed by atoms with Gasteiger partial charge in [-0.2, -0.15) is 5.10 Å². The van der Waals surface area contributed by atoms with Crippen molar-refractivity contribution in [2.45, 2.75) is 44.2 Å². The number of aromatic nitrogens is 2. The van der Waals surface area contributed by atoms with Gasteiger partial charge in [-0.25, -0.2) is 9.18 Å². The first-order valence-electron chi connectivity index (χ1n) is 9.90. The van der Waals surface area contributed by atoms with Crippen molar-refractivity contribution in [1.29, 1.82) is 0 Å². The summed E-state index contributed by atoms with van der Waals surface area (Å²) in [4.78, 5) is 26.4. The second kappa shape index (κ2) is 6.72. The van der Waals surface area contributed by atoms with E-state index in [-0.39, 0.29) is 29.7 Å². The van der Waals surface area contributed by atoms with Crippen LogP contribution in [0.2, 0.25) is 0 Å². The van der Waals surface area contributed by atoms with Crippen LogP contribution in [-0.2, 0) is 18.3 Å². The van der Waals surface area contributed by atoms with E-state index in [0.717, 1.165) is 30.5 Å². The molecule has 2 unspecified atom stereocenters. The smallest absolute Gasteiger partial charge is 0.322 e. The molecule has 3 aliphatic rings. The van der Waals surface area contributed by atoms with Crippen LogP contribution in [0.4, 0.5) is 20.6 Å². The molecule has 3 aliphatic heterocycles. The largest absolute Gasteiger partial charge is 0.326 e. The molecule has 0 radical (unpaired) electrons. The predicted octanol–water partition coefficient (Wildman–Crippen LogP) is 3.30. The Kier molecular flexibility index (Phi) is 4.15. The van der Waals surface area contributed by atoms with Gasteiger partial charge in [-0.1, -0.05) is 6.08 Å². The molecule has 0 aliphatic carbocycles. The maximum absolute atomic E-state index is 14.5. The molecule has 2 aromatic rings. The number of nitrogens with zero attached hydrogens (tertiary/aromatic N) is 3. The van der Waals surface area contributed by atoms with Gasteiger partial charge >= 0.3 is 6.03 Å². The van der Waals surface area contributed by atoms with Crippen LogP contribution in [0, 0.1) is 5.82 Å². The molecule has 2 bridgehead atoms. The molecular formula is C21H22FN5O2. The lowest BCUT2D eigenvalue weighted by atomic mass is 9.98. The summed E-state index contributed by atoms with van der Waals surface area (Å²) in [7, 11) is 1.91. The first kappa shape index (κ1) is 17.9. The number of nitrogens with one attached hydrogen (secondary N) is 2. The highest BCUT2D eigenvalue weighted by atomic mass is 19.1. The van der Waals surface area contributed by atoms with E-state index < -0.39 is 5.82 Å². The minimum absolute atomic E-state index is 0.0148. The fraction of sp³-hybridized carbons (Fsp3) is 0.381. The number of urea groups is 1. The molecule has 1 fully saturated rings. The first-order chi connectivity index (χ1) is 14.0. The van der Waals surface area contributed by atoms with E-state index in [0.29, 0.717) is 18.5 Å². The molecule has 8 heteroatoms. The standard InChI is InChI=1S/C21H22FN5O2/c1-26-19(6-7-23-26)13-8-14-3-4-15(9-13)27(14)21(29)25-18-11-17-12(10-16(18)22)2-5-20(28)24-17/h6-8,10-11,14-15H,2-5,9H2,1H3,(H,24,28)(H,25,29). The minimum atomic E-state index is -0.483. The molecule has 5 rings (SSSR count). The van der Waals surface area contributed by atoms with Crippen LogP contribution in [0.5, 0.6) is 0 Å². The monoisotopic (exact) mass is 395 g/mol. The minimum Gasteiger partial charge on any atom is -0.326 e. The molecule has 1 aromatic heterocycles. The number of anilines is 2. The summed E-state index contributed by atoms with van der Waals surface area (Å²) in [6.07, 6.45) is 7.32. The number of rotatable bonds is 2. The molecule has 29 heavy (non-hydrogen) atoms. The van der Waals surface area contributed by atoms with E-state index in [1.54, 1.807) is 6.20 Å². The fourth-order valence-electron chi connectivity index (χ4n) is 4.70. The number of carbonyl (C=O) groups is 2. The van der Waals surface area contributed by atoms with Gasteiger partial charge in [0.1, 0.15) is 5.82 Å². The number of hydrogen-bond donors (Lipinski definition) is 2. The van der Waals surface area contributed by atoms with Crippen LogP contribution < -0.4 is 10.6 Å². The highest BCUT2D eigenvalue weighted by Crippen LogP contribution is 2.39. The Morgan fingerprint density at radius 2 is 2.17 bits per heavy atom. The third-order valence-corrected chi connectivity index (χ3v) is 6.11.